The Morgan fingerprint density at radius 3 is 2.16 bits per heavy atom. The predicted molar refractivity (Wildman–Crippen MR) is 66.1 cm³/mol. The first kappa shape index (κ1) is 11.8. The Bertz CT molecular complexity index is 509. The second-order valence-electron chi connectivity index (χ2n) is 4.42. The lowest BCUT2D eigenvalue weighted by Gasteiger charge is -2.15. The minimum absolute atomic E-state index is 0.216. The van der Waals surface area contributed by atoms with Crippen LogP contribution >= 0.6 is 0 Å². The standard InChI is InChI=1S/C14H13NO4/c16-13-10-4-1-2-5-11(10)14(17)15(13)7-3-6-12-18-8-9-19-12/h1-2,4-5,8-9,12H,3,6-7H2. The average Bonchev–Trinajstić information content (AvgIpc) is 3.02. The van der Waals surface area contributed by atoms with E-state index in [0.717, 1.165) is 0 Å². The third-order valence-corrected chi connectivity index (χ3v) is 3.22. The molecule has 1 aromatic carbocycles. The third kappa shape index (κ3) is 2.07. The molecule has 0 N–H and O–H groups in total. The van der Waals surface area contributed by atoms with Gasteiger partial charge in [-0.15, -0.1) is 0 Å². The van der Waals surface area contributed by atoms with Crippen molar-refractivity contribution in [3.63, 3.8) is 0 Å². The highest BCUT2D eigenvalue weighted by Gasteiger charge is 2.34. The molecule has 1 aromatic rings. The van der Waals surface area contributed by atoms with Crippen LogP contribution in [0.1, 0.15) is 33.6 Å². The van der Waals surface area contributed by atoms with Crippen LogP contribution in [0.25, 0.3) is 0 Å². The maximum atomic E-state index is 12.1. The lowest BCUT2D eigenvalue weighted by Crippen LogP contribution is -2.31. The van der Waals surface area contributed by atoms with E-state index in [4.69, 9.17) is 9.47 Å². The summed E-state index contributed by atoms with van der Waals surface area (Å²) in [6.07, 6.45) is 3.98. The molecule has 19 heavy (non-hydrogen) atoms. The fourth-order valence-corrected chi connectivity index (χ4v) is 2.27. The quantitative estimate of drug-likeness (QED) is 0.775. The minimum Gasteiger partial charge on any atom is -0.459 e. The number of imide groups is 1. The number of hydrogen-bond acceptors (Lipinski definition) is 4. The Balaban J connectivity index is 1.61. The van der Waals surface area contributed by atoms with E-state index in [-0.39, 0.29) is 18.1 Å². The van der Waals surface area contributed by atoms with Crippen molar-refractivity contribution in [3.05, 3.63) is 47.9 Å². The number of rotatable bonds is 4. The topological polar surface area (TPSA) is 55.8 Å². The van der Waals surface area contributed by atoms with Crippen molar-refractivity contribution in [1.82, 2.24) is 4.90 Å². The molecule has 98 valence electrons. The summed E-state index contributed by atoms with van der Waals surface area (Å²) in [6.45, 7) is 0.384. The van der Waals surface area contributed by atoms with Gasteiger partial charge in [0.2, 0.25) is 6.29 Å². The number of fused-ring (bicyclic) bond motifs is 1. The van der Waals surface area contributed by atoms with Crippen molar-refractivity contribution in [2.45, 2.75) is 19.1 Å². The van der Waals surface area contributed by atoms with Crippen LogP contribution in [0.15, 0.2) is 36.8 Å². The van der Waals surface area contributed by atoms with Gasteiger partial charge in [0.25, 0.3) is 11.8 Å². The Kier molecular flexibility index (Phi) is 2.95. The van der Waals surface area contributed by atoms with Crippen LogP contribution in [-0.2, 0) is 9.47 Å². The first-order valence-corrected chi connectivity index (χ1v) is 6.18. The second kappa shape index (κ2) is 4.76. The van der Waals surface area contributed by atoms with Gasteiger partial charge in [0, 0.05) is 13.0 Å². The van der Waals surface area contributed by atoms with Crippen molar-refractivity contribution >= 4 is 11.8 Å². The summed E-state index contributed by atoms with van der Waals surface area (Å²) in [4.78, 5) is 25.4. The first-order valence-electron chi connectivity index (χ1n) is 6.18. The van der Waals surface area contributed by atoms with Gasteiger partial charge in [0.1, 0.15) is 12.5 Å². The number of nitrogens with zero attached hydrogens (tertiary/aromatic N) is 1. The Hall–Kier alpha value is -2.30. The van der Waals surface area contributed by atoms with E-state index in [1.165, 1.54) is 17.4 Å². The van der Waals surface area contributed by atoms with Crippen LogP contribution in [0.3, 0.4) is 0 Å². The molecule has 2 amide bonds. The summed E-state index contributed by atoms with van der Waals surface area (Å²) in [5, 5.41) is 0. The lowest BCUT2D eigenvalue weighted by atomic mass is 10.1. The van der Waals surface area contributed by atoms with Crippen LogP contribution in [0.4, 0.5) is 0 Å². The molecule has 0 fully saturated rings. The maximum absolute atomic E-state index is 12.1. The number of ether oxygens (including phenoxy) is 2. The summed E-state index contributed by atoms with van der Waals surface area (Å²) < 4.78 is 10.3. The van der Waals surface area contributed by atoms with E-state index < -0.39 is 0 Å². The molecule has 5 heteroatoms. The minimum atomic E-state index is -0.296. The summed E-state index contributed by atoms with van der Waals surface area (Å²) in [7, 11) is 0. The van der Waals surface area contributed by atoms with Crippen molar-refractivity contribution in [2.75, 3.05) is 6.54 Å². The summed E-state index contributed by atoms with van der Waals surface area (Å²) in [5.74, 6) is -0.432. The molecular formula is C14H13NO4. The van der Waals surface area contributed by atoms with Crippen LogP contribution < -0.4 is 0 Å². The van der Waals surface area contributed by atoms with Crippen LogP contribution in [0.2, 0.25) is 0 Å². The highest BCUT2D eigenvalue weighted by molar-refractivity contribution is 6.21. The highest BCUT2D eigenvalue weighted by Crippen LogP contribution is 2.23. The van der Waals surface area contributed by atoms with E-state index >= 15 is 0 Å². The van der Waals surface area contributed by atoms with Gasteiger partial charge < -0.3 is 9.47 Å². The fourth-order valence-electron chi connectivity index (χ4n) is 2.27. The smallest absolute Gasteiger partial charge is 0.261 e. The number of carbonyl (C=O) groups is 2. The molecule has 5 nitrogen and oxygen atoms in total. The van der Waals surface area contributed by atoms with Gasteiger partial charge in [-0.3, -0.25) is 14.5 Å². The molecule has 2 heterocycles. The molecule has 0 spiro atoms. The SMILES string of the molecule is O=C1c2ccccc2C(=O)N1CCCC1OC=CO1. The van der Waals surface area contributed by atoms with Crippen molar-refractivity contribution in [1.29, 1.82) is 0 Å². The zero-order valence-electron chi connectivity index (χ0n) is 10.2. The van der Waals surface area contributed by atoms with E-state index in [1.807, 2.05) is 0 Å². The van der Waals surface area contributed by atoms with Crippen molar-refractivity contribution in [2.24, 2.45) is 0 Å². The molecule has 0 aromatic heterocycles. The van der Waals surface area contributed by atoms with E-state index in [0.29, 0.717) is 30.5 Å². The molecule has 0 radical (unpaired) electrons. The van der Waals surface area contributed by atoms with E-state index in [9.17, 15) is 9.59 Å². The van der Waals surface area contributed by atoms with Gasteiger partial charge in [-0.05, 0) is 18.6 Å². The van der Waals surface area contributed by atoms with Gasteiger partial charge in [-0.25, -0.2) is 0 Å². The van der Waals surface area contributed by atoms with E-state index in [1.54, 1.807) is 24.3 Å². The van der Waals surface area contributed by atoms with E-state index in [2.05, 4.69) is 0 Å². The molecule has 2 aliphatic rings. The number of amides is 2. The lowest BCUT2D eigenvalue weighted by molar-refractivity contribution is -0.0300. The van der Waals surface area contributed by atoms with Gasteiger partial charge in [0.15, 0.2) is 0 Å². The monoisotopic (exact) mass is 259 g/mol. The molecule has 0 bridgehead atoms. The largest absolute Gasteiger partial charge is 0.459 e. The molecule has 0 saturated heterocycles. The predicted octanol–water partition coefficient (Wildman–Crippen LogP) is 1.91. The molecule has 2 aliphatic heterocycles. The molecule has 3 rings (SSSR count). The fraction of sp³-hybridized carbons (Fsp3) is 0.286. The maximum Gasteiger partial charge on any atom is 0.261 e. The molecular weight excluding hydrogens is 246 g/mol. The van der Waals surface area contributed by atoms with Gasteiger partial charge in [0.05, 0.1) is 11.1 Å². The first-order chi connectivity index (χ1) is 9.27. The molecule has 0 saturated carbocycles. The van der Waals surface area contributed by atoms with Crippen LogP contribution in [0, 0.1) is 0 Å². The molecule has 0 aliphatic carbocycles. The Labute approximate surface area is 110 Å². The van der Waals surface area contributed by atoms with Crippen LogP contribution in [-0.4, -0.2) is 29.5 Å². The van der Waals surface area contributed by atoms with Gasteiger partial charge >= 0.3 is 0 Å². The Morgan fingerprint density at radius 1 is 1.00 bits per heavy atom. The number of benzene rings is 1. The van der Waals surface area contributed by atoms with Crippen molar-refractivity contribution in [3.8, 4) is 0 Å². The number of carbonyl (C=O) groups excluding carboxylic acids is 2. The highest BCUT2D eigenvalue weighted by atomic mass is 16.7. The van der Waals surface area contributed by atoms with Gasteiger partial charge in [-0.2, -0.15) is 0 Å². The zero-order chi connectivity index (χ0) is 13.2. The van der Waals surface area contributed by atoms with Crippen LogP contribution in [0.5, 0.6) is 0 Å². The second-order valence-corrected chi connectivity index (χ2v) is 4.42. The molecule has 0 unspecified atom stereocenters. The third-order valence-electron chi connectivity index (χ3n) is 3.22. The Morgan fingerprint density at radius 2 is 1.58 bits per heavy atom. The summed E-state index contributed by atoms with van der Waals surface area (Å²) in [5.41, 5.74) is 0.977. The molecule has 0 atom stereocenters. The van der Waals surface area contributed by atoms with Crippen molar-refractivity contribution < 1.29 is 19.1 Å². The summed E-state index contributed by atoms with van der Waals surface area (Å²) >= 11 is 0. The number of hydrogen-bond donors (Lipinski definition) is 0. The average molecular weight is 259 g/mol. The van der Waals surface area contributed by atoms with Gasteiger partial charge in [-0.1, -0.05) is 12.1 Å². The normalized spacial score (nSPS) is 17.6. The zero-order valence-corrected chi connectivity index (χ0v) is 10.2. The summed E-state index contributed by atoms with van der Waals surface area (Å²) in [6, 6.07) is 6.89.